The quantitative estimate of drug-likeness (QED) is 0.668. The van der Waals surface area contributed by atoms with Gasteiger partial charge in [0.1, 0.15) is 5.69 Å². The minimum atomic E-state index is -0.525. The van der Waals surface area contributed by atoms with Gasteiger partial charge in [0.25, 0.3) is 5.56 Å². The molecule has 0 aliphatic carbocycles. The highest BCUT2D eigenvalue weighted by Crippen LogP contribution is 2.24. The van der Waals surface area contributed by atoms with E-state index in [2.05, 4.69) is 15.2 Å². The van der Waals surface area contributed by atoms with Crippen LogP contribution in [-0.2, 0) is 17.6 Å². The lowest BCUT2D eigenvalue weighted by Crippen LogP contribution is -2.23. The van der Waals surface area contributed by atoms with Crippen LogP contribution in [0.1, 0.15) is 34.1 Å². The summed E-state index contributed by atoms with van der Waals surface area (Å²) in [6.45, 7) is 3.95. The zero-order valence-corrected chi connectivity index (χ0v) is 14.8. The van der Waals surface area contributed by atoms with Crippen LogP contribution in [0.5, 0.6) is 0 Å². The fraction of sp³-hybridized carbons (Fsp3) is 0.250. The molecule has 0 unspecified atom stereocenters. The predicted molar refractivity (Wildman–Crippen MR) is 99.2 cm³/mol. The number of hydrogen-bond acceptors (Lipinski definition) is 4. The van der Waals surface area contributed by atoms with Crippen molar-refractivity contribution in [2.24, 2.45) is 0 Å². The van der Waals surface area contributed by atoms with Crippen LogP contribution in [0.15, 0.2) is 47.4 Å². The first kappa shape index (κ1) is 17.7. The van der Waals surface area contributed by atoms with Gasteiger partial charge < -0.3 is 9.72 Å². The van der Waals surface area contributed by atoms with Gasteiger partial charge in [0.15, 0.2) is 0 Å². The lowest BCUT2D eigenvalue weighted by molar-refractivity contribution is 0.0525. The summed E-state index contributed by atoms with van der Waals surface area (Å²) in [7, 11) is 0. The van der Waals surface area contributed by atoms with Crippen LogP contribution in [-0.4, -0.2) is 27.8 Å². The summed E-state index contributed by atoms with van der Waals surface area (Å²) in [6, 6.07) is 11.5. The van der Waals surface area contributed by atoms with Gasteiger partial charge in [-0.2, -0.15) is 5.10 Å². The molecule has 6 heteroatoms. The molecule has 0 spiro atoms. The largest absolute Gasteiger partial charge is 0.462 e. The van der Waals surface area contributed by atoms with E-state index < -0.39 is 5.97 Å². The molecule has 0 amide bonds. The third-order valence-corrected chi connectivity index (χ3v) is 4.19. The summed E-state index contributed by atoms with van der Waals surface area (Å²) in [5.41, 5.74) is 3.56. The second kappa shape index (κ2) is 7.82. The molecule has 1 aromatic carbocycles. The van der Waals surface area contributed by atoms with E-state index in [0.29, 0.717) is 24.1 Å². The molecule has 0 aliphatic heterocycles. The Balaban J connectivity index is 2.08. The molecule has 2 N–H and O–H groups in total. The van der Waals surface area contributed by atoms with Crippen LogP contribution >= 0.6 is 0 Å². The van der Waals surface area contributed by atoms with E-state index in [1.165, 1.54) is 0 Å². The minimum Gasteiger partial charge on any atom is -0.462 e. The maximum Gasteiger partial charge on any atom is 0.340 e. The van der Waals surface area contributed by atoms with Gasteiger partial charge >= 0.3 is 5.97 Å². The third kappa shape index (κ3) is 3.74. The lowest BCUT2D eigenvalue weighted by Gasteiger charge is -2.12. The summed E-state index contributed by atoms with van der Waals surface area (Å²) in [5, 5.41) is 6.67. The fourth-order valence-electron chi connectivity index (χ4n) is 2.85. The van der Waals surface area contributed by atoms with Gasteiger partial charge in [0, 0.05) is 23.0 Å². The highest BCUT2D eigenvalue weighted by Gasteiger charge is 2.23. The number of esters is 1. The molecule has 6 nitrogen and oxygen atoms in total. The zero-order valence-electron chi connectivity index (χ0n) is 14.8. The van der Waals surface area contributed by atoms with Crippen molar-refractivity contribution in [3.05, 3.63) is 75.3 Å². The number of benzene rings is 1. The summed E-state index contributed by atoms with van der Waals surface area (Å²) in [5.74, 6) is -0.525. The van der Waals surface area contributed by atoms with Gasteiger partial charge in [-0.25, -0.2) is 9.89 Å². The van der Waals surface area contributed by atoms with Gasteiger partial charge in [0.2, 0.25) is 0 Å². The van der Waals surface area contributed by atoms with Crippen LogP contribution in [0.2, 0.25) is 0 Å². The molecule has 3 aromatic rings. The molecular weight excluding hydrogens is 330 g/mol. The van der Waals surface area contributed by atoms with E-state index in [-0.39, 0.29) is 17.7 Å². The fourth-order valence-corrected chi connectivity index (χ4v) is 2.85. The summed E-state index contributed by atoms with van der Waals surface area (Å²) in [4.78, 5) is 28.1. The van der Waals surface area contributed by atoms with E-state index in [9.17, 15) is 9.59 Å². The Morgan fingerprint density at radius 3 is 2.58 bits per heavy atom. The lowest BCUT2D eigenvalue weighted by atomic mass is 9.98. The summed E-state index contributed by atoms with van der Waals surface area (Å²) in [6.07, 6.45) is 2.85. The van der Waals surface area contributed by atoms with Crippen molar-refractivity contribution in [2.75, 3.05) is 6.61 Å². The number of nitrogens with one attached hydrogen (secondary N) is 2. The van der Waals surface area contributed by atoms with Crippen molar-refractivity contribution in [1.29, 1.82) is 0 Å². The second-order valence-corrected chi connectivity index (χ2v) is 6.04. The summed E-state index contributed by atoms with van der Waals surface area (Å²) < 4.78 is 5.21. The van der Waals surface area contributed by atoms with Gasteiger partial charge in [-0.15, -0.1) is 0 Å². The first-order valence-electron chi connectivity index (χ1n) is 8.58. The molecule has 0 atom stereocenters. The number of H-pyrrole nitrogens is 2. The number of rotatable bonds is 6. The number of carbonyl (C=O) groups is 1. The number of aromatic nitrogens is 3. The van der Waals surface area contributed by atoms with E-state index in [4.69, 9.17) is 4.74 Å². The van der Waals surface area contributed by atoms with E-state index >= 15 is 0 Å². The first-order chi connectivity index (χ1) is 12.6. The van der Waals surface area contributed by atoms with Crippen molar-refractivity contribution in [3.63, 3.8) is 0 Å². The molecule has 0 aliphatic rings. The molecular formula is C20H21N3O3. The van der Waals surface area contributed by atoms with Crippen molar-refractivity contribution in [1.82, 2.24) is 15.2 Å². The van der Waals surface area contributed by atoms with Crippen LogP contribution < -0.4 is 5.56 Å². The Kier molecular flexibility index (Phi) is 5.31. The molecule has 0 radical (unpaired) electrons. The zero-order chi connectivity index (χ0) is 18.5. The molecule has 134 valence electrons. The molecule has 0 fully saturated rings. The summed E-state index contributed by atoms with van der Waals surface area (Å²) >= 11 is 0. The monoisotopic (exact) mass is 351 g/mol. The molecule has 2 aromatic heterocycles. The van der Waals surface area contributed by atoms with Gasteiger partial charge in [0.05, 0.1) is 12.2 Å². The average Bonchev–Trinajstić information content (AvgIpc) is 3.15. The van der Waals surface area contributed by atoms with Crippen molar-refractivity contribution in [3.8, 4) is 11.3 Å². The van der Waals surface area contributed by atoms with Crippen LogP contribution in [0.25, 0.3) is 11.3 Å². The van der Waals surface area contributed by atoms with Crippen LogP contribution in [0, 0.1) is 6.92 Å². The standard InChI is InChI=1S/C20H21N3O3/c1-3-26-20(25)17-16(11-10-15-5-4-12-21-15)19(24)23-22-18(17)14-8-6-13(2)7-9-14/h4-9,12,21H,3,10-11H2,1-2H3,(H,23,24). The normalized spacial score (nSPS) is 10.7. The van der Waals surface area contributed by atoms with Gasteiger partial charge in [-0.1, -0.05) is 29.8 Å². The van der Waals surface area contributed by atoms with Crippen molar-refractivity contribution < 1.29 is 9.53 Å². The highest BCUT2D eigenvalue weighted by atomic mass is 16.5. The minimum absolute atomic E-state index is 0.231. The number of carbonyl (C=O) groups excluding carboxylic acids is 1. The average molecular weight is 351 g/mol. The Labute approximate surface area is 151 Å². The van der Waals surface area contributed by atoms with E-state index in [1.807, 2.05) is 49.5 Å². The number of hydrogen-bond donors (Lipinski definition) is 2. The molecule has 26 heavy (non-hydrogen) atoms. The van der Waals surface area contributed by atoms with Crippen molar-refractivity contribution in [2.45, 2.75) is 26.7 Å². The first-order valence-corrected chi connectivity index (χ1v) is 8.58. The number of nitrogens with zero attached hydrogens (tertiary/aromatic N) is 1. The predicted octanol–water partition coefficient (Wildman–Crippen LogP) is 3.04. The SMILES string of the molecule is CCOC(=O)c1c(-c2ccc(C)cc2)n[nH]c(=O)c1CCc1ccc[nH]1. The van der Waals surface area contributed by atoms with Crippen LogP contribution in [0.4, 0.5) is 0 Å². The van der Waals surface area contributed by atoms with E-state index in [0.717, 1.165) is 16.8 Å². The second-order valence-electron chi connectivity index (χ2n) is 6.04. The van der Waals surface area contributed by atoms with Crippen LogP contribution in [0.3, 0.4) is 0 Å². The molecule has 0 saturated heterocycles. The number of ether oxygens (including phenoxy) is 1. The molecule has 0 bridgehead atoms. The maximum absolute atomic E-state index is 12.6. The van der Waals surface area contributed by atoms with Gasteiger partial charge in [-0.3, -0.25) is 4.79 Å². The molecule has 2 heterocycles. The maximum atomic E-state index is 12.6. The van der Waals surface area contributed by atoms with Crippen molar-refractivity contribution >= 4 is 5.97 Å². The Morgan fingerprint density at radius 2 is 1.92 bits per heavy atom. The highest BCUT2D eigenvalue weighted by molar-refractivity contribution is 5.97. The molecule has 3 rings (SSSR count). The third-order valence-electron chi connectivity index (χ3n) is 4.19. The Hall–Kier alpha value is -3.15. The van der Waals surface area contributed by atoms with Gasteiger partial charge in [-0.05, 0) is 38.8 Å². The Bertz CT molecular complexity index is 941. The number of aryl methyl sites for hydroxylation is 2. The molecule has 0 saturated carbocycles. The smallest absolute Gasteiger partial charge is 0.340 e. The topological polar surface area (TPSA) is 87.8 Å². The Morgan fingerprint density at radius 1 is 1.15 bits per heavy atom. The number of aromatic amines is 2. The van der Waals surface area contributed by atoms with E-state index in [1.54, 1.807) is 6.92 Å².